The summed E-state index contributed by atoms with van der Waals surface area (Å²) in [5.41, 5.74) is -2.71. The fourth-order valence-electron chi connectivity index (χ4n) is 8.74. The summed E-state index contributed by atoms with van der Waals surface area (Å²) in [4.78, 5) is 15.4. The number of aromatic nitrogens is 2. The SMILES string of the molecule is [2H]C1(N2CCc3c(ncnc3NS(=O)(=O)c3ccc(N[C@H](CCN4CCN(C)CC4)CSc4ccccc4F)c(S(=O)(=O)C(F)(F)F)c3)C2)CCN(Cc2cc(F)ccc2-c2ccc(Cl)cc2)CC1. The highest BCUT2D eigenvalue weighted by atomic mass is 35.5. The molecule has 4 aromatic carbocycles. The van der Waals surface area contributed by atoms with Crippen molar-refractivity contribution in [3.8, 4) is 11.1 Å². The predicted molar refractivity (Wildman–Crippen MR) is 255 cm³/mol. The van der Waals surface area contributed by atoms with E-state index >= 15 is 0 Å². The van der Waals surface area contributed by atoms with Gasteiger partial charge in [0.2, 0.25) is 0 Å². The maximum absolute atomic E-state index is 14.6. The van der Waals surface area contributed by atoms with E-state index < -0.39 is 58.7 Å². The zero-order valence-corrected chi connectivity index (χ0v) is 40.4. The van der Waals surface area contributed by atoms with Gasteiger partial charge in [0.1, 0.15) is 28.7 Å². The number of piperazine rings is 1. The molecule has 0 aliphatic carbocycles. The molecule has 2 fully saturated rings. The molecule has 0 spiro atoms. The largest absolute Gasteiger partial charge is 0.501 e. The zero-order valence-electron chi connectivity index (χ0n) is 38.2. The predicted octanol–water partition coefficient (Wildman–Crippen LogP) is 8.40. The van der Waals surface area contributed by atoms with Gasteiger partial charge in [-0.15, -0.1) is 11.8 Å². The van der Waals surface area contributed by atoms with Gasteiger partial charge in [-0.2, -0.15) is 13.2 Å². The zero-order chi connectivity index (χ0) is 49.1. The minimum atomic E-state index is -6.11. The van der Waals surface area contributed by atoms with E-state index in [-0.39, 0.29) is 30.4 Å². The van der Waals surface area contributed by atoms with Crippen LogP contribution in [0.2, 0.25) is 5.02 Å². The molecule has 8 rings (SSSR count). The quantitative estimate of drug-likeness (QED) is 0.0728. The summed E-state index contributed by atoms with van der Waals surface area (Å²) in [5.74, 6) is -0.787. The van der Waals surface area contributed by atoms with Crippen LogP contribution in [-0.4, -0.2) is 129 Å². The van der Waals surface area contributed by atoms with Gasteiger partial charge in [-0.25, -0.2) is 35.6 Å². The van der Waals surface area contributed by atoms with Crippen molar-refractivity contribution in [3.05, 3.63) is 125 Å². The third-order valence-corrected chi connectivity index (χ3v) is 16.9. The fraction of sp³-hybridized carbons (Fsp3) is 0.404. The number of fused-ring (bicyclic) bond motifs is 1. The number of thioether (sulfide) groups is 1. The van der Waals surface area contributed by atoms with E-state index in [1.54, 1.807) is 30.3 Å². The molecule has 0 unspecified atom stereocenters. The summed E-state index contributed by atoms with van der Waals surface area (Å²) >= 11 is 7.23. The Kier molecular flexibility index (Phi) is 15.2. The van der Waals surface area contributed by atoms with Crippen molar-refractivity contribution in [2.24, 2.45) is 0 Å². The summed E-state index contributed by atoms with van der Waals surface area (Å²) in [6.07, 6.45) is 2.69. The average Bonchev–Trinajstić information content (AvgIpc) is 3.31. The van der Waals surface area contributed by atoms with Gasteiger partial charge < -0.3 is 15.1 Å². The molecule has 2 saturated heterocycles. The smallest absolute Gasteiger partial charge is 0.380 e. The lowest BCUT2D eigenvalue weighted by molar-refractivity contribution is -0.0435. The lowest BCUT2D eigenvalue weighted by Gasteiger charge is -2.40. The van der Waals surface area contributed by atoms with Gasteiger partial charge in [0.25, 0.3) is 19.9 Å². The summed E-state index contributed by atoms with van der Waals surface area (Å²) in [7, 11) is -8.85. The van der Waals surface area contributed by atoms with Gasteiger partial charge in [-0.1, -0.05) is 41.9 Å². The first kappa shape index (κ1) is 48.6. The molecule has 5 aromatic rings. The van der Waals surface area contributed by atoms with Gasteiger partial charge >= 0.3 is 5.51 Å². The number of sulfonamides is 1. The summed E-state index contributed by atoms with van der Waals surface area (Å²) in [5, 5.41) is 3.55. The van der Waals surface area contributed by atoms with Crippen molar-refractivity contribution in [1.82, 2.24) is 29.6 Å². The lowest BCUT2D eigenvalue weighted by Crippen LogP contribution is -2.46. The first-order valence-electron chi connectivity index (χ1n) is 22.7. The number of piperidine rings is 1. The normalized spacial score (nSPS) is 18.4. The molecule has 1 aromatic heterocycles. The lowest BCUT2D eigenvalue weighted by atomic mass is 9.96. The molecule has 4 heterocycles. The Bertz CT molecular complexity index is 2860. The van der Waals surface area contributed by atoms with E-state index in [1.165, 1.54) is 24.3 Å². The molecule has 12 nitrogen and oxygen atoms in total. The molecule has 3 aliphatic heterocycles. The highest BCUT2D eigenvalue weighted by Crippen LogP contribution is 2.38. The van der Waals surface area contributed by atoms with E-state index in [9.17, 15) is 40.2 Å². The number of likely N-dealkylation sites (tertiary alicyclic amines) is 1. The number of likely N-dealkylation sites (N-methyl/N-ethyl adjacent to an activating group) is 1. The minimum Gasteiger partial charge on any atom is -0.380 e. The number of sulfone groups is 1. The summed E-state index contributed by atoms with van der Waals surface area (Å²) < 4.78 is 138. The third kappa shape index (κ3) is 11.9. The molecule has 1 atom stereocenters. The monoisotopic (exact) mass is 1020 g/mol. The van der Waals surface area contributed by atoms with Crippen LogP contribution in [0.4, 0.5) is 33.5 Å². The second-order valence-electron chi connectivity index (χ2n) is 17.2. The summed E-state index contributed by atoms with van der Waals surface area (Å²) in [6, 6.07) is 19.0. The van der Waals surface area contributed by atoms with Crippen molar-refractivity contribution in [1.29, 1.82) is 0 Å². The van der Waals surface area contributed by atoms with Crippen molar-refractivity contribution in [3.63, 3.8) is 0 Å². The maximum atomic E-state index is 14.6. The van der Waals surface area contributed by atoms with Crippen molar-refractivity contribution < 1.29 is 40.2 Å². The molecule has 0 radical (unpaired) electrons. The molecule has 0 bridgehead atoms. The molecule has 68 heavy (non-hydrogen) atoms. The number of nitrogens with one attached hydrogen (secondary N) is 2. The number of anilines is 2. The van der Waals surface area contributed by atoms with E-state index in [4.69, 9.17) is 11.6 Å². The van der Waals surface area contributed by atoms with Gasteiger partial charge in [0.05, 0.1) is 16.3 Å². The first-order valence-corrected chi connectivity index (χ1v) is 26.5. The van der Waals surface area contributed by atoms with Crippen LogP contribution in [0.1, 0.15) is 37.5 Å². The van der Waals surface area contributed by atoms with Crippen LogP contribution in [0.3, 0.4) is 0 Å². The molecule has 0 amide bonds. The van der Waals surface area contributed by atoms with E-state index in [2.05, 4.69) is 34.7 Å². The average molecular weight is 1020 g/mol. The fourth-order valence-corrected chi connectivity index (χ4v) is 12.0. The number of rotatable bonds is 16. The Balaban J connectivity index is 0.972. The highest BCUT2D eigenvalue weighted by molar-refractivity contribution is 7.99. The Morgan fingerprint density at radius 1 is 0.882 bits per heavy atom. The van der Waals surface area contributed by atoms with Crippen LogP contribution < -0.4 is 10.0 Å². The molecule has 21 heteroatoms. The molecule has 0 saturated carbocycles. The van der Waals surface area contributed by atoms with Crippen LogP contribution in [0.25, 0.3) is 11.1 Å². The summed E-state index contributed by atoms with van der Waals surface area (Å²) in [6.45, 7) is 5.80. The van der Waals surface area contributed by atoms with Crippen LogP contribution >= 0.6 is 23.4 Å². The Morgan fingerprint density at radius 2 is 1.62 bits per heavy atom. The topological polar surface area (TPSA) is 131 Å². The number of nitrogens with zero attached hydrogens (tertiary/aromatic N) is 6. The minimum absolute atomic E-state index is 0.114. The third-order valence-electron chi connectivity index (χ3n) is 12.6. The molecule has 2 N–H and O–H groups in total. The maximum Gasteiger partial charge on any atom is 0.501 e. The van der Waals surface area contributed by atoms with Gasteiger partial charge in [0.15, 0.2) is 0 Å². The van der Waals surface area contributed by atoms with Gasteiger partial charge in [0, 0.05) is 87.0 Å². The van der Waals surface area contributed by atoms with Gasteiger partial charge in [-0.3, -0.25) is 14.5 Å². The van der Waals surface area contributed by atoms with E-state index in [0.29, 0.717) is 79.2 Å². The number of benzene rings is 4. The molecular formula is C47H52ClF5N8O4S3. The standard InChI is InChI=1S/C47H52ClF5N8O4S3/c1-58-22-24-59(25-23-58)18-14-36(30-66-44-5-3-2-4-41(44)50)56-42-13-11-38(27-45(42)67(62,63)47(51,52)53)68(64,65)57-46-40-17-21-61(29-43(40)54-31-55-46)37-15-19-60(20-16-37)28-33-26-35(49)10-12-39(33)32-6-8-34(48)9-7-32/h2-13,26-27,31,36-37,56H,14-25,28-30H2,1H3,(H,54,55,57)/t36-/m1/s1/i37D. The van der Waals surface area contributed by atoms with Crippen molar-refractivity contribution in [2.45, 2.75) is 71.0 Å². The molecule has 3 aliphatic rings. The van der Waals surface area contributed by atoms with Crippen molar-refractivity contribution in [2.75, 3.05) is 75.2 Å². The van der Waals surface area contributed by atoms with E-state index in [1.807, 2.05) is 24.1 Å². The first-order chi connectivity index (χ1) is 32.8. The Hall–Kier alpha value is -4.41. The van der Waals surface area contributed by atoms with Crippen LogP contribution in [0.5, 0.6) is 0 Å². The van der Waals surface area contributed by atoms with Crippen LogP contribution in [-0.2, 0) is 39.4 Å². The van der Waals surface area contributed by atoms with Crippen LogP contribution in [0.15, 0.2) is 106 Å². The molecule has 364 valence electrons. The van der Waals surface area contributed by atoms with E-state index in [0.717, 1.165) is 73.1 Å². The number of halogens is 6. The number of hydrogen-bond acceptors (Lipinski definition) is 12. The molecular weight excluding hydrogens is 967 g/mol. The second kappa shape index (κ2) is 21.3. The van der Waals surface area contributed by atoms with Crippen molar-refractivity contribution >= 4 is 54.7 Å². The Morgan fingerprint density at radius 3 is 2.34 bits per heavy atom. The Labute approximate surface area is 404 Å². The van der Waals surface area contributed by atoms with Crippen LogP contribution in [0, 0.1) is 11.6 Å². The number of alkyl halides is 3. The van der Waals surface area contributed by atoms with Gasteiger partial charge in [-0.05, 0) is 117 Å². The highest BCUT2D eigenvalue weighted by Gasteiger charge is 2.48. The number of hydrogen-bond donors (Lipinski definition) is 2. The second-order valence-corrected chi connectivity index (χ2v) is 22.3.